The minimum absolute atomic E-state index is 0.273. The molecule has 22 heavy (non-hydrogen) atoms. The third-order valence-electron chi connectivity index (χ3n) is 3.84. The van der Waals surface area contributed by atoms with E-state index >= 15 is 0 Å². The largest absolute Gasteiger partial charge is 0.496 e. The summed E-state index contributed by atoms with van der Waals surface area (Å²) >= 11 is 0. The van der Waals surface area contributed by atoms with Crippen LogP contribution in [0.5, 0.6) is 5.75 Å². The van der Waals surface area contributed by atoms with Gasteiger partial charge in [0, 0.05) is 32.3 Å². The van der Waals surface area contributed by atoms with Gasteiger partial charge in [-0.3, -0.25) is 0 Å². The summed E-state index contributed by atoms with van der Waals surface area (Å²) in [4.78, 5) is 2.14. The lowest BCUT2D eigenvalue weighted by atomic mass is 9.96. The molecule has 0 aliphatic carbocycles. The standard InChI is InChI=1S/C19H24FNO/c1-13(2)17-9-6-14(11-18(17)21(3)4)10-15-7-8-16(20)12-19(15)22-5/h6-9,11-13H,10H2,1-5H3. The predicted octanol–water partition coefficient (Wildman–Crippen LogP) is 4.61. The van der Waals surface area contributed by atoms with Gasteiger partial charge in [-0.25, -0.2) is 4.39 Å². The summed E-state index contributed by atoms with van der Waals surface area (Å²) in [6, 6.07) is 11.2. The number of methoxy groups -OCH3 is 1. The second-order valence-electron chi connectivity index (χ2n) is 6.08. The molecule has 2 aromatic rings. The highest BCUT2D eigenvalue weighted by molar-refractivity contribution is 5.56. The van der Waals surface area contributed by atoms with Gasteiger partial charge >= 0.3 is 0 Å². The van der Waals surface area contributed by atoms with Crippen LogP contribution in [0.15, 0.2) is 36.4 Å². The average Bonchev–Trinajstić information content (AvgIpc) is 2.48. The molecule has 0 amide bonds. The van der Waals surface area contributed by atoms with E-state index in [4.69, 9.17) is 4.74 Å². The minimum Gasteiger partial charge on any atom is -0.496 e. The van der Waals surface area contributed by atoms with Crippen LogP contribution >= 0.6 is 0 Å². The number of halogens is 1. The van der Waals surface area contributed by atoms with Gasteiger partial charge in [-0.15, -0.1) is 0 Å². The lowest BCUT2D eigenvalue weighted by Crippen LogP contribution is -2.12. The Labute approximate surface area is 132 Å². The summed E-state index contributed by atoms with van der Waals surface area (Å²) < 4.78 is 18.6. The van der Waals surface area contributed by atoms with Crippen LogP contribution in [0.1, 0.15) is 36.5 Å². The molecule has 118 valence electrons. The third kappa shape index (κ3) is 3.59. The first-order chi connectivity index (χ1) is 10.4. The summed E-state index contributed by atoms with van der Waals surface area (Å²) in [5, 5.41) is 0. The van der Waals surface area contributed by atoms with E-state index in [9.17, 15) is 4.39 Å². The van der Waals surface area contributed by atoms with Gasteiger partial charge < -0.3 is 9.64 Å². The second-order valence-corrected chi connectivity index (χ2v) is 6.08. The zero-order chi connectivity index (χ0) is 16.3. The van der Waals surface area contributed by atoms with Crippen molar-refractivity contribution in [2.24, 2.45) is 0 Å². The van der Waals surface area contributed by atoms with Crippen LogP contribution in [0, 0.1) is 5.82 Å². The van der Waals surface area contributed by atoms with Crippen molar-refractivity contribution >= 4 is 5.69 Å². The van der Waals surface area contributed by atoms with Crippen molar-refractivity contribution in [2.45, 2.75) is 26.2 Å². The number of hydrogen-bond acceptors (Lipinski definition) is 2. The second kappa shape index (κ2) is 6.82. The van der Waals surface area contributed by atoms with Crippen LogP contribution in [0.25, 0.3) is 0 Å². The zero-order valence-corrected chi connectivity index (χ0v) is 14.0. The van der Waals surface area contributed by atoms with E-state index in [1.807, 2.05) is 0 Å². The molecular weight excluding hydrogens is 277 g/mol. The smallest absolute Gasteiger partial charge is 0.126 e. The van der Waals surface area contributed by atoms with E-state index < -0.39 is 0 Å². The Bertz CT molecular complexity index is 650. The zero-order valence-electron chi connectivity index (χ0n) is 14.0. The lowest BCUT2D eigenvalue weighted by Gasteiger charge is -2.21. The molecule has 0 heterocycles. The summed E-state index contributed by atoms with van der Waals surface area (Å²) in [5.41, 5.74) is 4.75. The fraction of sp³-hybridized carbons (Fsp3) is 0.368. The van der Waals surface area contributed by atoms with E-state index in [1.54, 1.807) is 13.2 Å². The number of nitrogens with zero attached hydrogens (tertiary/aromatic N) is 1. The van der Waals surface area contributed by atoms with Crippen molar-refractivity contribution in [3.05, 3.63) is 58.9 Å². The number of ether oxygens (including phenoxy) is 1. The maximum Gasteiger partial charge on any atom is 0.126 e. The Morgan fingerprint density at radius 1 is 1.09 bits per heavy atom. The van der Waals surface area contributed by atoms with Crippen molar-refractivity contribution in [1.29, 1.82) is 0 Å². The Morgan fingerprint density at radius 3 is 2.41 bits per heavy atom. The number of hydrogen-bond donors (Lipinski definition) is 0. The highest BCUT2D eigenvalue weighted by Crippen LogP contribution is 2.29. The van der Waals surface area contributed by atoms with Gasteiger partial charge in [-0.05, 0) is 34.7 Å². The first kappa shape index (κ1) is 16.3. The van der Waals surface area contributed by atoms with Gasteiger partial charge in [-0.2, -0.15) is 0 Å². The highest BCUT2D eigenvalue weighted by atomic mass is 19.1. The van der Waals surface area contributed by atoms with Crippen molar-refractivity contribution in [3.63, 3.8) is 0 Å². The van der Waals surface area contributed by atoms with Crippen LogP contribution in [-0.4, -0.2) is 21.2 Å². The molecule has 0 aliphatic heterocycles. The number of anilines is 1. The predicted molar refractivity (Wildman–Crippen MR) is 90.6 cm³/mol. The molecule has 0 N–H and O–H groups in total. The molecule has 2 aromatic carbocycles. The number of benzene rings is 2. The lowest BCUT2D eigenvalue weighted by molar-refractivity contribution is 0.407. The SMILES string of the molecule is COc1cc(F)ccc1Cc1ccc(C(C)C)c(N(C)C)c1. The summed E-state index contributed by atoms with van der Waals surface area (Å²) in [6.45, 7) is 4.40. The van der Waals surface area contributed by atoms with Crippen LogP contribution in [-0.2, 0) is 6.42 Å². The molecule has 3 heteroatoms. The van der Waals surface area contributed by atoms with Crippen molar-refractivity contribution in [2.75, 3.05) is 26.1 Å². The maximum atomic E-state index is 13.3. The van der Waals surface area contributed by atoms with Gasteiger partial charge in [0.25, 0.3) is 0 Å². The van der Waals surface area contributed by atoms with E-state index in [2.05, 4.69) is 51.0 Å². The molecule has 0 bridgehead atoms. The van der Waals surface area contributed by atoms with Crippen molar-refractivity contribution < 1.29 is 9.13 Å². The molecule has 0 aliphatic rings. The van der Waals surface area contributed by atoms with E-state index in [-0.39, 0.29) is 5.82 Å². The fourth-order valence-electron chi connectivity index (χ4n) is 2.66. The topological polar surface area (TPSA) is 12.5 Å². The highest BCUT2D eigenvalue weighted by Gasteiger charge is 2.11. The first-order valence-corrected chi connectivity index (χ1v) is 7.55. The van der Waals surface area contributed by atoms with Gasteiger partial charge in [0.2, 0.25) is 0 Å². The van der Waals surface area contributed by atoms with Crippen molar-refractivity contribution in [1.82, 2.24) is 0 Å². The van der Waals surface area contributed by atoms with Crippen LogP contribution < -0.4 is 9.64 Å². The third-order valence-corrected chi connectivity index (χ3v) is 3.84. The molecular formula is C19H24FNO. The minimum atomic E-state index is -0.273. The van der Waals surface area contributed by atoms with Gasteiger partial charge in [0.15, 0.2) is 0 Å². The van der Waals surface area contributed by atoms with Gasteiger partial charge in [-0.1, -0.05) is 32.0 Å². The van der Waals surface area contributed by atoms with Crippen LogP contribution in [0.2, 0.25) is 0 Å². The van der Waals surface area contributed by atoms with Gasteiger partial charge in [0.05, 0.1) is 7.11 Å². The monoisotopic (exact) mass is 301 g/mol. The Hall–Kier alpha value is -2.03. The quantitative estimate of drug-likeness (QED) is 0.799. The molecule has 0 radical (unpaired) electrons. The van der Waals surface area contributed by atoms with E-state index in [0.717, 1.165) is 12.0 Å². The Kier molecular flexibility index (Phi) is 5.07. The molecule has 2 nitrogen and oxygen atoms in total. The molecule has 0 saturated heterocycles. The van der Waals surface area contributed by atoms with Crippen LogP contribution in [0.3, 0.4) is 0 Å². The molecule has 0 saturated carbocycles. The summed E-state index contributed by atoms with van der Waals surface area (Å²) in [7, 11) is 5.69. The Balaban J connectivity index is 2.36. The summed E-state index contributed by atoms with van der Waals surface area (Å²) in [5.74, 6) is 0.802. The first-order valence-electron chi connectivity index (χ1n) is 7.55. The molecule has 0 aromatic heterocycles. The molecule has 2 rings (SSSR count). The normalized spacial score (nSPS) is 10.9. The molecule has 0 unspecified atom stereocenters. The van der Waals surface area contributed by atoms with E-state index in [0.29, 0.717) is 11.7 Å². The maximum absolute atomic E-state index is 13.3. The van der Waals surface area contributed by atoms with Crippen molar-refractivity contribution in [3.8, 4) is 5.75 Å². The number of rotatable bonds is 5. The Morgan fingerprint density at radius 2 is 1.82 bits per heavy atom. The van der Waals surface area contributed by atoms with Crippen LogP contribution in [0.4, 0.5) is 10.1 Å². The van der Waals surface area contributed by atoms with E-state index in [1.165, 1.54) is 28.9 Å². The van der Waals surface area contributed by atoms with Gasteiger partial charge in [0.1, 0.15) is 11.6 Å². The summed E-state index contributed by atoms with van der Waals surface area (Å²) in [6.07, 6.45) is 0.725. The fourth-order valence-corrected chi connectivity index (χ4v) is 2.66. The molecule has 0 atom stereocenters. The molecule has 0 spiro atoms. The molecule has 0 fully saturated rings. The average molecular weight is 301 g/mol.